The molecule has 0 N–H and O–H groups in total. The topological polar surface area (TPSA) is 26.3 Å². The number of fused-ring (bicyclic) bond motifs is 1. The Bertz CT molecular complexity index is 484. The maximum absolute atomic E-state index is 11.9. The fourth-order valence-electron chi connectivity index (χ4n) is 3.73. The van der Waals surface area contributed by atoms with Crippen LogP contribution in [0.15, 0.2) is 12.1 Å². The third-order valence-corrected chi connectivity index (χ3v) is 4.68. The highest BCUT2D eigenvalue weighted by Gasteiger charge is 2.22. The third-order valence-electron chi connectivity index (χ3n) is 4.68. The van der Waals surface area contributed by atoms with Crippen molar-refractivity contribution >= 4 is 5.97 Å². The van der Waals surface area contributed by atoms with Crippen LogP contribution < -0.4 is 0 Å². The van der Waals surface area contributed by atoms with Crippen LogP contribution in [0.3, 0.4) is 0 Å². The molecule has 0 spiro atoms. The van der Waals surface area contributed by atoms with Crippen molar-refractivity contribution in [2.45, 2.75) is 51.4 Å². The Morgan fingerprint density at radius 3 is 2.74 bits per heavy atom. The largest absolute Gasteiger partial charge is 0.465 e. The Labute approximate surface area is 115 Å². The molecule has 1 fully saturated rings. The summed E-state index contributed by atoms with van der Waals surface area (Å²) in [6.07, 6.45) is 9.92. The monoisotopic (exact) mass is 258 g/mol. The number of ether oxygens (including phenoxy) is 1. The lowest BCUT2D eigenvalue weighted by Crippen LogP contribution is -2.08. The number of esters is 1. The first kappa shape index (κ1) is 12.7. The van der Waals surface area contributed by atoms with Crippen molar-refractivity contribution in [3.8, 4) is 0 Å². The number of benzene rings is 1. The van der Waals surface area contributed by atoms with Crippen LogP contribution in [0.4, 0.5) is 0 Å². The highest BCUT2D eigenvalue weighted by atomic mass is 16.5. The van der Waals surface area contributed by atoms with Crippen LogP contribution in [0.2, 0.25) is 0 Å². The fourth-order valence-corrected chi connectivity index (χ4v) is 3.73. The Morgan fingerprint density at radius 2 is 2.00 bits per heavy atom. The Kier molecular flexibility index (Phi) is 3.58. The summed E-state index contributed by atoms with van der Waals surface area (Å²) >= 11 is 0. The lowest BCUT2D eigenvalue weighted by molar-refractivity contribution is 0.0599. The molecule has 102 valence electrons. The summed E-state index contributed by atoms with van der Waals surface area (Å²) in [5.41, 5.74) is 4.79. The Morgan fingerprint density at radius 1 is 1.21 bits per heavy atom. The Balaban J connectivity index is 1.90. The van der Waals surface area contributed by atoms with Crippen molar-refractivity contribution in [2.24, 2.45) is 5.92 Å². The van der Waals surface area contributed by atoms with Gasteiger partial charge in [0.2, 0.25) is 0 Å². The average Bonchev–Trinajstić information content (AvgIpc) is 3.07. The summed E-state index contributed by atoms with van der Waals surface area (Å²) in [5, 5.41) is 0. The van der Waals surface area contributed by atoms with Crippen molar-refractivity contribution in [1.29, 1.82) is 0 Å². The van der Waals surface area contributed by atoms with Gasteiger partial charge in [-0.2, -0.15) is 0 Å². The molecule has 1 aromatic rings. The second kappa shape index (κ2) is 5.36. The molecule has 0 unspecified atom stereocenters. The summed E-state index contributed by atoms with van der Waals surface area (Å²) in [4.78, 5) is 11.9. The molecule has 2 aliphatic rings. The van der Waals surface area contributed by atoms with Gasteiger partial charge in [-0.05, 0) is 54.4 Å². The average molecular weight is 258 g/mol. The zero-order chi connectivity index (χ0) is 13.2. The quantitative estimate of drug-likeness (QED) is 0.773. The summed E-state index contributed by atoms with van der Waals surface area (Å²) in [6, 6.07) is 4.43. The van der Waals surface area contributed by atoms with Crippen LogP contribution in [0.25, 0.3) is 0 Å². The minimum Gasteiger partial charge on any atom is -0.465 e. The van der Waals surface area contributed by atoms with E-state index in [2.05, 4.69) is 12.1 Å². The van der Waals surface area contributed by atoms with E-state index in [1.165, 1.54) is 55.9 Å². The highest BCUT2D eigenvalue weighted by molar-refractivity contribution is 5.92. The molecule has 1 saturated carbocycles. The zero-order valence-corrected chi connectivity index (χ0v) is 11.7. The van der Waals surface area contributed by atoms with Gasteiger partial charge in [-0.3, -0.25) is 0 Å². The van der Waals surface area contributed by atoms with Gasteiger partial charge in [-0.1, -0.05) is 31.7 Å². The molecule has 1 aromatic carbocycles. The van der Waals surface area contributed by atoms with E-state index >= 15 is 0 Å². The van der Waals surface area contributed by atoms with E-state index in [4.69, 9.17) is 4.74 Å². The molecule has 2 aliphatic carbocycles. The molecule has 0 atom stereocenters. The van der Waals surface area contributed by atoms with Crippen LogP contribution in [0, 0.1) is 5.92 Å². The second-order valence-electron chi connectivity index (χ2n) is 5.98. The molecule has 2 heteroatoms. The maximum atomic E-state index is 11.9. The van der Waals surface area contributed by atoms with E-state index < -0.39 is 0 Å². The van der Waals surface area contributed by atoms with E-state index in [1.54, 1.807) is 0 Å². The van der Waals surface area contributed by atoms with Gasteiger partial charge in [0.15, 0.2) is 0 Å². The molecular formula is C17H22O2. The van der Waals surface area contributed by atoms with Crippen molar-refractivity contribution in [2.75, 3.05) is 7.11 Å². The van der Waals surface area contributed by atoms with E-state index in [1.807, 2.05) is 0 Å². The maximum Gasteiger partial charge on any atom is 0.338 e. The summed E-state index contributed by atoms with van der Waals surface area (Å²) in [7, 11) is 1.48. The van der Waals surface area contributed by atoms with E-state index in [-0.39, 0.29) is 5.97 Å². The molecule has 0 aromatic heterocycles. The molecule has 0 heterocycles. The van der Waals surface area contributed by atoms with Crippen LogP contribution in [-0.4, -0.2) is 13.1 Å². The summed E-state index contributed by atoms with van der Waals surface area (Å²) < 4.78 is 4.95. The van der Waals surface area contributed by atoms with Gasteiger partial charge in [-0.15, -0.1) is 0 Å². The van der Waals surface area contributed by atoms with Crippen LogP contribution in [0.1, 0.15) is 59.2 Å². The number of aryl methyl sites for hydroxylation is 1. The van der Waals surface area contributed by atoms with E-state index in [0.717, 1.165) is 30.7 Å². The van der Waals surface area contributed by atoms with Crippen LogP contribution >= 0.6 is 0 Å². The molecule has 19 heavy (non-hydrogen) atoms. The molecule has 0 aliphatic heterocycles. The third kappa shape index (κ3) is 2.54. The minimum absolute atomic E-state index is 0.161. The number of methoxy groups -OCH3 is 1. The van der Waals surface area contributed by atoms with Crippen LogP contribution in [0.5, 0.6) is 0 Å². The number of hydrogen-bond donors (Lipinski definition) is 0. The molecule has 3 rings (SSSR count). The number of rotatable bonds is 3. The number of carbonyl (C=O) groups is 1. The van der Waals surface area contributed by atoms with Crippen molar-refractivity contribution in [1.82, 2.24) is 0 Å². The zero-order valence-electron chi connectivity index (χ0n) is 11.7. The smallest absolute Gasteiger partial charge is 0.338 e. The normalized spacial score (nSPS) is 18.6. The van der Waals surface area contributed by atoms with Crippen molar-refractivity contribution < 1.29 is 9.53 Å². The number of carbonyl (C=O) groups excluding carboxylic acids is 1. The number of hydrogen-bond acceptors (Lipinski definition) is 2. The predicted molar refractivity (Wildman–Crippen MR) is 75.5 cm³/mol. The van der Waals surface area contributed by atoms with Crippen LogP contribution in [-0.2, 0) is 24.0 Å². The SMILES string of the molecule is COC(=O)c1cc(CC2CCCC2)cc2c1CCC2. The lowest BCUT2D eigenvalue weighted by atomic mass is 9.93. The van der Waals surface area contributed by atoms with Gasteiger partial charge < -0.3 is 4.74 Å². The lowest BCUT2D eigenvalue weighted by Gasteiger charge is -2.13. The first-order valence-corrected chi connectivity index (χ1v) is 7.51. The standard InChI is InChI=1S/C17H22O2/c1-19-17(18)16-11-13(9-12-5-2-3-6-12)10-14-7-4-8-15(14)16/h10-12H,2-9H2,1H3. The first-order valence-electron chi connectivity index (χ1n) is 7.51. The van der Waals surface area contributed by atoms with Crippen molar-refractivity contribution in [3.05, 3.63) is 34.4 Å². The molecule has 0 saturated heterocycles. The summed E-state index contributed by atoms with van der Waals surface area (Å²) in [5.74, 6) is 0.663. The van der Waals surface area contributed by atoms with Gasteiger partial charge in [0.1, 0.15) is 0 Å². The van der Waals surface area contributed by atoms with E-state index in [0.29, 0.717) is 0 Å². The van der Waals surface area contributed by atoms with Gasteiger partial charge in [0.05, 0.1) is 12.7 Å². The summed E-state index contributed by atoms with van der Waals surface area (Å²) in [6.45, 7) is 0. The van der Waals surface area contributed by atoms with Gasteiger partial charge in [0, 0.05) is 0 Å². The molecule has 0 radical (unpaired) electrons. The van der Waals surface area contributed by atoms with Gasteiger partial charge >= 0.3 is 5.97 Å². The molecular weight excluding hydrogens is 236 g/mol. The first-order chi connectivity index (χ1) is 9.28. The Hall–Kier alpha value is -1.31. The predicted octanol–water partition coefficient (Wildman–Crippen LogP) is 3.69. The second-order valence-corrected chi connectivity index (χ2v) is 5.98. The van der Waals surface area contributed by atoms with Gasteiger partial charge in [-0.25, -0.2) is 4.79 Å². The minimum atomic E-state index is -0.161. The fraction of sp³-hybridized carbons (Fsp3) is 0.588. The van der Waals surface area contributed by atoms with Crippen molar-refractivity contribution in [3.63, 3.8) is 0 Å². The highest BCUT2D eigenvalue weighted by Crippen LogP contribution is 2.32. The molecule has 0 bridgehead atoms. The molecule has 2 nitrogen and oxygen atoms in total. The van der Waals surface area contributed by atoms with Gasteiger partial charge in [0.25, 0.3) is 0 Å². The molecule has 0 amide bonds. The van der Waals surface area contributed by atoms with E-state index in [9.17, 15) is 4.79 Å².